The zero-order valence-corrected chi connectivity index (χ0v) is 20.2. The molecule has 1 aromatic rings. The topological polar surface area (TPSA) is 84.9 Å². The number of nitrogens with zero attached hydrogens (tertiary/aromatic N) is 1. The van der Waals surface area contributed by atoms with Crippen LogP contribution >= 0.6 is 0 Å². The number of hydrogen-bond acceptors (Lipinski definition) is 5. The number of carbonyl (C=O) groups is 1. The van der Waals surface area contributed by atoms with Crippen molar-refractivity contribution in [2.75, 3.05) is 19.8 Å². The summed E-state index contributed by atoms with van der Waals surface area (Å²) in [5.74, 6) is 1.09. The van der Waals surface area contributed by atoms with E-state index in [2.05, 4.69) is 17.7 Å². The zero-order valence-electron chi connectivity index (χ0n) is 19.4. The fraction of sp³-hybridized carbons (Fsp3) is 0.708. The van der Waals surface area contributed by atoms with E-state index in [-0.39, 0.29) is 30.7 Å². The molecule has 8 heteroatoms. The molecule has 1 N–H and O–H groups in total. The lowest BCUT2D eigenvalue weighted by Gasteiger charge is -2.42. The van der Waals surface area contributed by atoms with Crippen molar-refractivity contribution in [1.82, 2.24) is 9.62 Å². The van der Waals surface area contributed by atoms with E-state index in [1.54, 1.807) is 18.7 Å². The van der Waals surface area contributed by atoms with Gasteiger partial charge in [0.05, 0.1) is 24.0 Å². The molecule has 1 aromatic carbocycles. The molecule has 1 amide bonds. The van der Waals surface area contributed by atoms with Crippen LogP contribution in [0, 0.1) is 6.92 Å². The normalized spacial score (nSPS) is 29.4. The molecule has 5 rings (SSSR count). The van der Waals surface area contributed by atoms with Gasteiger partial charge in [0.1, 0.15) is 5.75 Å². The lowest BCUT2D eigenvalue weighted by atomic mass is 9.80. The number of fused-ring (bicyclic) bond motifs is 5. The van der Waals surface area contributed by atoms with Gasteiger partial charge in [-0.05, 0) is 76.8 Å². The highest BCUT2D eigenvalue weighted by Crippen LogP contribution is 2.40. The minimum atomic E-state index is -3.45. The first-order valence-corrected chi connectivity index (χ1v) is 13.5. The summed E-state index contributed by atoms with van der Waals surface area (Å²) in [6.45, 7) is 6.33. The maximum Gasteiger partial charge on any atom is 0.260 e. The molecule has 7 nitrogen and oxygen atoms in total. The van der Waals surface area contributed by atoms with Gasteiger partial charge in [0, 0.05) is 18.2 Å². The number of nitrogens with one attached hydrogen (secondary N) is 1. The molecular formula is C24H36N2O5S. The van der Waals surface area contributed by atoms with Crippen molar-refractivity contribution in [2.45, 2.75) is 88.7 Å². The summed E-state index contributed by atoms with van der Waals surface area (Å²) in [4.78, 5) is 15.0. The molecule has 1 aliphatic carbocycles. The highest BCUT2D eigenvalue weighted by Gasteiger charge is 2.38. The number of amides is 1. The molecule has 32 heavy (non-hydrogen) atoms. The Morgan fingerprint density at radius 2 is 1.88 bits per heavy atom. The van der Waals surface area contributed by atoms with Gasteiger partial charge in [-0.1, -0.05) is 12.1 Å². The molecule has 178 valence electrons. The van der Waals surface area contributed by atoms with E-state index in [4.69, 9.17) is 9.47 Å². The molecule has 0 spiro atoms. The fourth-order valence-electron chi connectivity index (χ4n) is 5.34. The van der Waals surface area contributed by atoms with Crippen LogP contribution in [0.15, 0.2) is 18.2 Å². The van der Waals surface area contributed by atoms with Crippen molar-refractivity contribution in [3.8, 4) is 5.75 Å². The molecule has 3 heterocycles. The first-order chi connectivity index (χ1) is 15.3. The lowest BCUT2D eigenvalue weighted by molar-refractivity contribution is -0.140. The Morgan fingerprint density at radius 1 is 1.12 bits per heavy atom. The van der Waals surface area contributed by atoms with Crippen molar-refractivity contribution in [3.05, 3.63) is 29.3 Å². The quantitative estimate of drug-likeness (QED) is 0.743. The van der Waals surface area contributed by atoms with Gasteiger partial charge >= 0.3 is 0 Å². The molecule has 2 atom stereocenters. The second-order valence-corrected chi connectivity index (χ2v) is 12.0. The van der Waals surface area contributed by atoms with Gasteiger partial charge in [-0.15, -0.1) is 0 Å². The molecule has 4 aliphatic rings. The monoisotopic (exact) mass is 464 g/mol. The van der Waals surface area contributed by atoms with Crippen LogP contribution in [0.2, 0.25) is 0 Å². The molecular weight excluding hydrogens is 428 g/mol. The van der Waals surface area contributed by atoms with E-state index in [1.807, 2.05) is 12.1 Å². The van der Waals surface area contributed by atoms with Crippen molar-refractivity contribution >= 4 is 15.9 Å². The van der Waals surface area contributed by atoms with Gasteiger partial charge in [0.2, 0.25) is 10.0 Å². The Bertz CT molecular complexity index is 924. The summed E-state index contributed by atoms with van der Waals surface area (Å²) in [7, 11) is -3.45. The highest BCUT2D eigenvalue weighted by molar-refractivity contribution is 7.90. The number of benzene rings is 1. The van der Waals surface area contributed by atoms with E-state index in [0.29, 0.717) is 25.5 Å². The molecule has 2 bridgehead atoms. The van der Waals surface area contributed by atoms with Crippen molar-refractivity contribution in [3.63, 3.8) is 0 Å². The number of hydrogen-bond donors (Lipinski definition) is 1. The number of sulfonamides is 1. The minimum Gasteiger partial charge on any atom is -0.483 e. The first-order valence-electron chi connectivity index (χ1n) is 11.9. The van der Waals surface area contributed by atoms with Crippen molar-refractivity contribution in [2.24, 2.45) is 0 Å². The second-order valence-electron chi connectivity index (χ2n) is 9.70. The van der Waals surface area contributed by atoms with Crippen LogP contribution < -0.4 is 9.46 Å². The third-order valence-electron chi connectivity index (χ3n) is 7.26. The number of rotatable bonds is 3. The van der Waals surface area contributed by atoms with Gasteiger partial charge in [-0.25, -0.2) is 13.1 Å². The number of piperidine rings is 1. The van der Waals surface area contributed by atoms with Gasteiger partial charge in [-0.3, -0.25) is 4.79 Å². The molecule has 1 saturated heterocycles. The van der Waals surface area contributed by atoms with E-state index < -0.39 is 15.3 Å². The fourth-order valence-corrected chi connectivity index (χ4v) is 6.30. The predicted octanol–water partition coefficient (Wildman–Crippen LogP) is 3.12. The summed E-state index contributed by atoms with van der Waals surface area (Å²) in [6, 6.07) is 5.37. The van der Waals surface area contributed by atoms with Gasteiger partial charge in [0.15, 0.2) is 6.61 Å². The molecule has 1 saturated carbocycles. The van der Waals surface area contributed by atoms with E-state index in [1.165, 1.54) is 11.1 Å². The Balaban J connectivity index is 1.62. The average Bonchev–Trinajstić information content (AvgIpc) is 2.77. The van der Waals surface area contributed by atoms with Crippen LogP contribution in [0.4, 0.5) is 0 Å². The molecule has 0 aromatic heterocycles. The smallest absolute Gasteiger partial charge is 0.260 e. The Hall–Kier alpha value is -1.64. The highest BCUT2D eigenvalue weighted by atomic mass is 32.2. The minimum absolute atomic E-state index is 0.0489. The summed E-state index contributed by atoms with van der Waals surface area (Å²) < 4.78 is 40.5. The van der Waals surface area contributed by atoms with Crippen LogP contribution in [-0.2, 0) is 19.6 Å². The van der Waals surface area contributed by atoms with Gasteiger partial charge < -0.3 is 14.4 Å². The summed E-state index contributed by atoms with van der Waals surface area (Å²) in [5.41, 5.74) is 2.42. The van der Waals surface area contributed by atoms with Crippen LogP contribution in [0.1, 0.15) is 69.4 Å². The summed E-state index contributed by atoms with van der Waals surface area (Å²) in [5, 5.41) is -0.525. The number of ether oxygens (including phenoxy) is 2. The average molecular weight is 465 g/mol. The van der Waals surface area contributed by atoms with Gasteiger partial charge in [-0.2, -0.15) is 0 Å². The maximum atomic E-state index is 13.2. The van der Waals surface area contributed by atoms with E-state index in [0.717, 1.165) is 37.9 Å². The zero-order chi connectivity index (χ0) is 22.9. The largest absolute Gasteiger partial charge is 0.483 e. The molecule has 2 fully saturated rings. The third kappa shape index (κ3) is 4.97. The number of aryl methyl sites for hydroxylation is 1. The third-order valence-corrected chi connectivity index (χ3v) is 9.13. The van der Waals surface area contributed by atoms with E-state index >= 15 is 0 Å². The van der Waals surface area contributed by atoms with Gasteiger partial charge in [0.25, 0.3) is 5.91 Å². The molecule has 3 aliphatic heterocycles. The lowest BCUT2D eigenvalue weighted by Crippen LogP contribution is -2.60. The standard InChI is InChI=1S/C24H36N2O5S/c1-16(2)32(28,29)25-20-7-5-13-26-21(20)14-30-19-11-9-18(10-12-19)24-17(3)6-4-8-22(24)31-15-23(26)27/h4,6,8,16,18-21,25H,5,7,9-15H2,1-3H3. The Kier molecular flexibility index (Phi) is 7.12. The van der Waals surface area contributed by atoms with Crippen LogP contribution in [-0.4, -0.2) is 62.4 Å². The summed E-state index contributed by atoms with van der Waals surface area (Å²) >= 11 is 0. The van der Waals surface area contributed by atoms with Crippen molar-refractivity contribution < 1.29 is 22.7 Å². The van der Waals surface area contributed by atoms with E-state index in [9.17, 15) is 13.2 Å². The van der Waals surface area contributed by atoms with Crippen LogP contribution in [0.3, 0.4) is 0 Å². The van der Waals surface area contributed by atoms with Crippen LogP contribution in [0.5, 0.6) is 5.75 Å². The predicted molar refractivity (Wildman–Crippen MR) is 123 cm³/mol. The molecule has 2 unspecified atom stereocenters. The van der Waals surface area contributed by atoms with Crippen LogP contribution in [0.25, 0.3) is 0 Å². The van der Waals surface area contributed by atoms with Crippen molar-refractivity contribution in [1.29, 1.82) is 0 Å². The number of carbonyl (C=O) groups excluding carboxylic acids is 1. The Morgan fingerprint density at radius 3 is 2.59 bits per heavy atom. The second kappa shape index (κ2) is 9.69. The molecule has 0 radical (unpaired) electrons. The Labute approximate surface area is 191 Å². The first kappa shape index (κ1) is 23.5. The SMILES string of the molecule is Cc1cccc2c1C1CCC(CC1)OCC1C(NS(=O)(=O)C(C)C)CCCN1C(=O)CO2. The maximum absolute atomic E-state index is 13.2. The summed E-state index contributed by atoms with van der Waals surface area (Å²) in [6.07, 6.45) is 5.55.